The van der Waals surface area contributed by atoms with Crippen LogP contribution in [-0.4, -0.2) is 63.9 Å². The quantitative estimate of drug-likeness (QED) is 0.621. The van der Waals surface area contributed by atoms with Crippen LogP contribution in [0.25, 0.3) is 0 Å². The summed E-state index contributed by atoms with van der Waals surface area (Å²) in [5.74, 6) is -1.07. The van der Waals surface area contributed by atoms with Gasteiger partial charge in [0.25, 0.3) is 11.6 Å². The zero-order chi connectivity index (χ0) is 18.6. The molecule has 0 unspecified atom stereocenters. The Bertz CT molecular complexity index is 668. The van der Waals surface area contributed by atoms with E-state index >= 15 is 0 Å². The second kappa shape index (κ2) is 8.06. The van der Waals surface area contributed by atoms with Gasteiger partial charge in [0, 0.05) is 36.8 Å². The molecule has 25 heavy (non-hydrogen) atoms. The Morgan fingerprint density at radius 2 is 1.96 bits per heavy atom. The standard InChI is InChI=1S/C17H23N3O5/c1-3-18(11-16(21)22)14-4-6-19(7-5-14)17(23)13-8-12(2)9-15(10-13)20(24)25/h8-10,14H,3-7,11H2,1-2H3,(H,21,22). The van der Waals surface area contributed by atoms with Crippen molar-refractivity contribution < 1.29 is 19.6 Å². The van der Waals surface area contributed by atoms with Gasteiger partial charge in [-0.05, 0) is 37.9 Å². The van der Waals surface area contributed by atoms with Gasteiger partial charge >= 0.3 is 5.97 Å². The van der Waals surface area contributed by atoms with E-state index in [-0.39, 0.29) is 24.2 Å². The third-order valence-corrected chi connectivity index (χ3v) is 4.53. The van der Waals surface area contributed by atoms with Gasteiger partial charge in [-0.15, -0.1) is 0 Å². The third-order valence-electron chi connectivity index (χ3n) is 4.53. The molecule has 136 valence electrons. The number of likely N-dealkylation sites (N-methyl/N-ethyl adjacent to an activating group) is 1. The zero-order valence-electron chi connectivity index (χ0n) is 14.5. The van der Waals surface area contributed by atoms with Crippen LogP contribution >= 0.6 is 0 Å². The summed E-state index contributed by atoms with van der Waals surface area (Å²) in [6, 6.07) is 4.54. The van der Waals surface area contributed by atoms with E-state index in [1.54, 1.807) is 17.9 Å². The fourth-order valence-corrected chi connectivity index (χ4v) is 3.28. The van der Waals surface area contributed by atoms with Crippen molar-refractivity contribution in [3.05, 3.63) is 39.4 Å². The lowest BCUT2D eigenvalue weighted by atomic mass is 10.0. The molecular weight excluding hydrogens is 326 g/mol. The molecule has 2 rings (SSSR count). The number of nitrogens with zero attached hydrogens (tertiary/aromatic N) is 3. The summed E-state index contributed by atoms with van der Waals surface area (Å²) in [5.41, 5.74) is 0.908. The molecule has 8 heteroatoms. The molecule has 0 aliphatic carbocycles. The molecule has 1 amide bonds. The predicted octanol–water partition coefficient (Wildman–Crippen LogP) is 1.91. The van der Waals surface area contributed by atoms with Crippen molar-refractivity contribution in [1.29, 1.82) is 0 Å². The van der Waals surface area contributed by atoms with Crippen molar-refractivity contribution in [3.63, 3.8) is 0 Å². The lowest BCUT2D eigenvalue weighted by Crippen LogP contribution is -2.48. The van der Waals surface area contributed by atoms with Crippen molar-refractivity contribution >= 4 is 17.6 Å². The highest BCUT2D eigenvalue weighted by Gasteiger charge is 2.28. The number of carboxylic acid groups (broad SMARTS) is 1. The number of nitro benzene ring substituents is 1. The average Bonchev–Trinajstić information content (AvgIpc) is 2.58. The Hall–Kier alpha value is -2.48. The van der Waals surface area contributed by atoms with Crippen LogP contribution in [0.3, 0.4) is 0 Å². The van der Waals surface area contributed by atoms with Crippen LogP contribution in [0.2, 0.25) is 0 Å². The molecule has 1 aromatic carbocycles. The molecule has 0 radical (unpaired) electrons. The molecule has 0 atom stereocenters. The van der Waals surface area contributed by atoms with Gasteiger partial charge in [0.2, 0.25) is 0 Å². The Morgan fingerprint density at radius 3 is 2.48 bits per heavy atom. The first-order chi connectivity index (χ1) is 11.8. The number of carbonyl (C=O) groups is 2. The molecule has 1 aromatic rings. The van der Waals surface area contributed by atoms with Crippen LogP contribution in [0, 0.1) is 17.0 Å². The summed E-state index contributed by atoms with van der Waals surface area (Å²) in [7, 11) is 0. The maximum absolute atomic E-state index is 12.6. The highest BCUT2D eigenvalue weighted by Crippen LogP contribution is 2.21. The van der Waals surface area contributed by atoms with Crippen molar-refractivity contribution in [1.82, 2.24) is 9.80 Å². The van der Waals surface area contributed by atoms with Crippen LogP contribution < -0.4 is 0 Å². The number of likely N-dealkylation sites (tertiary alicyclic amines) is 1. The molecule has 8 nitrogen and oxygen atoms in total. The molecule has 1 aliphatic heterocycles. The lowest BCUT2D eigenvalue weighted by Gasteiger charge is -2.37. The molecule has 0 saturated carbocycles. The van der Waals surface area contributed by atoms with Crippen molar-refractivity contribution in [2.75, 3.05) is 26.2 Å². The number of piperidine rings is 1. The number of hydrogen-bond donors (Lipinski definition) is 1. The molecule has 1 fully saturated rings. The first kappa shape index (κ1) is 18.9. The smallest absolute Gasteiger partial charge is 0.317 e. The monoisotopic (exact) mass is 349 g/mol. The number of carbonyl (C=O) groups excluding carboxylic acids is 1. The number of benzene rings is 1. The van der Waals surface area contributed by atoms with E-state index in [4.69, 9.17) is 5.11 Å². The Labute approximate surface area is 146 Å². The molecule has 1 heterocycles. The van der Waals surface area contributed by atoms with Crippen LogP contribution in [0.1, 0.15) is 35.7 Å². The van der Waals surface area contributed by atoms with Crippen LogP contribution in [0.15, 0.2) is 18.2 Å². The van der Waals surface area contributed by atoms with E-state index in [0.29, 0.717) is 43.6 Å². The molecular formula is C17H23N3O5. The van der Waals surface area contributed by atoms with Crippen LogP contribution in [0.4, 0.5) is 5.69 Å². The number of carboxylic acids is 1. The van der Waals surface area contributed by atoms with Gasteiger partial charge in [-0.1, -0.05) is 6.92 Å². The second-order valence-electron chi connectivity index (χ2n) is 6.29. The molecule has 1 N–H and O–H groups in total. The van der Waals surface area contributed by atoms with E-state index in [0.717, 1.165) is 0 Å². The van der Waals surface area contributed by atoms with Gasteiger partial charge in [0.15, 0.2) is 0 Å². The summed E-state index contributed by atoms with van der Waals surface area (Å²) in [6.45, 7) is 5.32. The number of rotatable bonds is 6. The van der Waals surface area contributed by atoms with Crippen LogP contribution in [-0.2, 0) is 4.79 Å². The van der Waals surface area contributed by atoms with Crippen molar-refractivity contribution in [2.45, 2.75) is 32.7 Å². The van der Waals surface area contributed by atoms with E-state index in [1.807, 2.05) is 11.8 Å². The van der Waals surface area contributed by atoms with Gasteiger partial charge in [-0.2, -0.15) is 0 Å². The zero-order valence-corrected chi connectivity index (χ0v) is 14.5. The SMILES string of the molecule is CCN(CC(=O)O)C1CCN(C(=O)c2cc(C)cc([N+](=O)[O-])c2)CC1. The Balaban J connectivity index is 2.04. The molecule has 0 bridgehead atoms. The highest BCUT2D eigenvalue weighted by atomic mass is 16.6. The van der Waals surface area contributed by atoms with E-state index in [1.165, 1.54) is 12.1 Å². The minimum absolute atomic E-state index is 0.000806. The second-order valence-corrected chi connectivity index (χ2v) is 6.29. The first-order valence-corrected chi connectivity index (χ1v) is 8.33. The first-order valence-electron chi connectivity index (χ1n) is 8.33. The van der Waals surface area contributed by atoms with Gasteiger partial charge in [0.1, 0.15) is 0 Å². The van der Waals surface area contributed by atoms with Crippen molar-refractivity contribution in [2.24, 2.45) is 0 Å². The summed E-state index contributed by atoms with van der Waals surface area (Å²) in [6.07, 6.45) is 1.39. The minimum Gasteiger partial charge on any atom is -0.480 e. The molecule has 0 aromatic heterocycles. The molecule has 1 aliphatic rings. The van der Waals surface area contributed by atoms with Crippen molar-refractivity contribution in [3.8, 4) is 0 Å². The van der Waals surface area contributed by atoms with E-state index in [2.05, 4.69) is 0 Å². The average molecular weight is 349 g/mol. The largest absolute Gasteiger partial charge is 0.480 e. The summed E-state index contributed by atoms with van der Waals surface area (Å²) in [5, 5.41) is 19.9. The number of aliphatic carboxylic acids is 1. The third kappa shape index (κ3) is 4.76. The fraction of sp³-hybridized carbons (Fsp3) is 0.529. The maximum Gasteiger partial charge on any atom is 0.317 e. The van der Waals surface area contributed by atoms with E-state index < -0.39 is 10.9 Å². The van der Waals surface area contributed by atoms with Gasteiger partial charge in [0.05, 0.1) is 11.5 Å². The Morgan fingerprint density at radius 1 is 1.32 bits per heavy atom. The fourth-order valence-electron chi connectivity index (χ4n) is 3.28. The molecule has 0 spiro atoms. The number of non-ortho nitro benzene ring substituents is 1. The molecule has 1 saturated heterocycles. The number of nitro groups is 1. The minimum atomic E-state index is -0.854. The number of aryl methyl sites for hydroxylation is 1. The summed E-state index contributed by atoms with van der Waals surface area (Å²) < 4.78 is 0. The number of hydrogen-bond acceptors (Lipinski definition) is 5. The summed E-state index contributed by atoms with van der Waals surface area (Å²) in [4.78, 5) is 37.6. The maximum atomic E-state index is 12.6. The normalized spacial score (nSPS) is 15.4. The predicted molar refractivity (Wildman–Crippen MR) is 91.6 cm³/mol. The van der Waals surface area contributed by atoms with E-state index in [9.17, 15) is 19.7 Å². The van der Waals surface area contributed by atoms with Gasteiger partial charge in [-0.25, -0.2) is 0 Å². The van der Waals surface area contributed by atoms with Crippen LogP contribution in [0.5, 0.6) is 0 Å². The van der Waals surface area contributed by atoms with Gasteiger partial charge < -0.3 is 10.0 Å². The lowest BCUT2D eigenvalue weighted by molar-refractivity contribution is -0.384. The Kier molecular flexibility index (Phi) is 6.08. The highest BCUT2D eigenvalue weighted by molar-refractivity contribution is 5.95. The number of amides is 1. The topological polar surface area (TPSA) is 104 Å². The summed E-state index contributed by atoms with van der Waals surface area (Å²) >= 11 is 0. The van der Waals surface area contributed by atoms with Gasteiger partial charge in [-0.3, -0.25) is 24.6 Å².